The van der Waals surface area contributed by atoms with Crippen LogP contribution in [0.5, 0.6) is 0 Å². The van der Waals surface area contributed by atoms with Crippen molar-refractivity contribution in [3.8, 4) is 0 Å². The molecule has 0 fully saturated rings. The van der Waals surface area contributed by atoms with Gasteiger partial charge < -0.3 is 5.32 Å². The first-order valence-electron chi connectivity index (χ1n) is 12.5. The van der Waals surface area contributed by atoms with Gasteiger partial charge in [-0.05, 0) is 52.6 Å². The highest BCUT2D eigenvalue weighted by Gasteiger charge is 2.40. The number of fused-ring (bicyclic) bond motifs is 1. The molecule has 2 heterocycles. The second-order valence-corrected chi connectivity index (χ2v) is 11.0. The van der Waals surface area contributed by atoms with Crippen molar-refractivity contribution in [1.29, 1.82) is 0 Å². The summed E-state index contributed by atoms with van der Waals surface area (Å²) in [6, 6.07) is 21.9. The summed E-state index contributed by atoms with van der Waals surface area (Å²) in [6.07, 6.45) is -6.09. The van der Waals surface area contributed by atoms with Crippen molar-refractivity contribution >= 4 is 57.8 Å². The molecule has 4 aromatic rings. The number of carbonyl (C=O) groups excluding carboxylic acids is 2. The van der Waals surface area contributed by atoms with Crippen molar-refractivity contribution in [2.45, 2.75) is 24.7 Å². The van der Waals surface area contributed by atoms with Crippen molar-refractivity contribution in [2.24, 2.45) is 4.99 Å². The molecule has 0 unspecified atom stereocenters. The molecular formula is C30H22Cl2F3N3O2S. The molecule has 1 aromatic heterocycles. The number of benzene rings is 3. The Hall–Kier alpha value is -3.66. The molecule has 0 radical (unpaired) electrons. The lowest BCUT2D eigenvalue weighted by atomic mass is 9.93. The zero-order valence-corrected chi connectivity index (χ0v) is 23.6. The summed E-state index contributed by atoms with van der Waals surface area (Å²) in [5, 5.41) is 6.96. The molecule has 0 spiro atoms. The number of halogens is 5. The van der Waals surface area contributed by atoms with Gasteiger partial charge in [-0.15, -0.1) is 0 Å². The molecule has 2 amide bonds. The summed E-state index contributed by atoms with van der Waals surface area (Å²) in [7, 11) is 0. The maximum Gasteiger partial charge on any atom is 0.406 e. The smallest absolute Gasteiger partial charge is 0.326 e. The number of rotatable bonds is 7. The third-order valence-electron chi connectivity index (χ3n) is 6.56. The highest BCUT2D eigenvalue weighted by atomic mass is 35.5. The number of aliphatic imine (C=N–C) groups is 1. The van der Waals surface area contributed by atoms with Gasteiger partial charge in [-0.2, -0.15) is 24.5 Å². The average Bonchev–Trinajstić information content (AvgIpc) is 3.45. The standard InChI is InChI=1S/C30H22Cl2F3N3O2S/c31-23-11-10-18(15-24(23)32)14-22(20-12-13-41-16-20)28(39)37-27-29(40)38(17-30(33,34)35)25-9-5-4-8-21(25)26(36-27)19-6-2-1-3-7-19/h1-13,15-16,22,27H,14,17H2,(H,37,39)/t22-,27-/m1/s1. The molecule has 1 N–H and O–H groups in total. The van der Waals surface area contributed by atoms with Crippen LogP contribution in [0.4, 0.5) is 18.9 Å². The number of nitrogens with zero attached hydrogens (tertiary/aromatic N) is 2. The highest BCUT2D eigenvalue weighted by Crippen LogP contribution is 2.32. The molecule has 5 nitrogen and oxygen atoms in total. The minimum Gasteiger partial charge on any atom is -0.326 e. The van der Waals surface area contributed by atoms with Crippen LogP contribution in [0.15, 0.2) is 94.6 Å². The maximum atomic E-state index is 13.8. The number of hydrogen-bond donors (Lipinski definition) is 1. The third-order valence-corrected chi connectivity index (χ3v) is 8.00. The summed E-state index contributed by atoms with van der Waals surface area (Å²) in [5.74, 6) is -2.34. The molecule has 41 heavy (non-hydrogen) atoms. The summed E-state index contributed by atoms with van der Waals surface area (Å²) in [6.45, 7) is -1.54. The number of para-hydroxylation sites is 1. The average molecular weight is 616 g/mol. The van der Waals surface area contributed by atoms with Crippen LogP contribution in [0.3, 0.4) is 0 Å². The van der Waals surface area contributed by atoms with Crippen LogP contribution in [-0.4, -0.2) is 36.4 Å². The third kappa shape index (κ3) is 6.64. The SMILES string of the molecule is O=C(N[C@H]1N=C(c2ccccc2)c2ccccc2N(CC(F)(F)F)C1=O)[C@H](Cc1ccc(Cl)c(Cl)c1)c1ccsc1. The Morgan fingerprint density at radius 2 is 1.73 bits per heavy atom. The van der Waals surface area contributed by atoms with Crippen LogP contribution in [0.1, 0.15) is 28.2 Å². The summed E-state index contributed by atoms with van der Waals surface area (Å²) in [4.78, 5) is 32.7. The van der Waals surface area contributed by atoms with Gasteiger partial charge in [-0.3, -0.25) is 14.5 Å². The number of benzodiazepines with no additional fused rings is 1. The second-order valence-electron chi connectivity index (χ2n) is 9.37. The Morgan fingerprint density at radius 3 is 2.41 bits per heavy atom. The van der Waals surface area contributed by atoms with E-state index in [1.54, 1.807) is 78.2 Å². The molecule has 0 aliphatic carbocycles. The highest BCUT2D eigenvalue weighted by molar-refractivity contribution is 7.08. The number of thiophene rings is 1. The molecule has 2 atom stereocenters. The number of nitrogens with one attached hydrogen (secondary N) is 1. The van der Waals surface area contributed by atoms with Crippen LogP contribution in [0.2, 0.25) is 10.0 Å². The minimum absolute atomic E-state index is 0.0550. The van der Waals surface area contributed by atoms with Crippen LogP contribution < -0.4 is 10.2 Å². The van der Waals surface area contributed by atoms with E-state index in [9.17, 15) is 22.8 Å². The molecule has 5 rings (SSSR count). The van der Waals surface area contributed by atoms with Crippen molar-refractivity contribution in [2.75, 3.05) is 11.4 Å². The fraction of sp³-hybridized carbons (Fsp3) is 0.167. The van der Waals surface area contributed by atoms with E-state index in [1.807, 2.05) is 5.38 Å². The van der Waals surface area contributed by atoms with Gasteiger partial charge in [-0.25, -0.2) is 4.99 Å². The molecule has 11 heteroatoms. The largest absolute Gasteiger partial charge is 0.406 e. The van der Waals surface area contributed by atoms with E-state index in [1.165, 1.54) is 17.4 Å². The summed E-state index contributed by atoms with van der Waals surface area (Å²) in [5.41, 5.74) is 2.68. The lowest BCUT2D eigenvalue weighted by Crippen LogP contribution is -2.51. The summed E-state index contributed by atoms with van der Waals surface area (Å²) >= 11 is 13.6. The van der Waals surface area contributed by atoms with Crippen molar-refractivity contribution in [3.63, 3.8) is 0 Å². The van der Waals surface area contributed by atoms with Crippen molar-refractivity contribution in [1.82, 2.24) is 5.32 Å². The van der Waals surface area contributed by atoms with E-state index in [-0.39, 0.29) is 12.1 Å². The van der Waals surface area contributed by atoms with E-state index in [2.05, 4.69) is 10.3 Å². The first-order valence-corrected chi connectivity index (χ1v) is 14.2. The Kier molecular flexibility index (Phi) is 8.49. The molecule has 3 aromatic carbocycles. The fourth-order valence-electron chi connectivity index (χ4n) is 4.66. The molecule has 1 aliphatic rings. The normalized spacial score (nSPS) is 16.0. The van der Waals surface area contributed by atoms with Gasteiger partial charge in [0.1, 0.15) is 6.54 Å². The molecule has 0 bridgehead atoms. The van der Waals surface area contributed by atoms with Gasteiger partial charge in [0.25, 0.3) is 5.91 Å². The second kappa shape index (κ2) is 12.1. The Labute approximate surface area is 248 Å². The van der Waals surface area contributed by atoms with Crippen molar-refractivity contribution in [3.05, 3.63) is 122 Å². The van der Waals surface area contributed by atoms with E-state index < -0.39 is 36.6 Å². The van der Waals surface area contributed by atoms with Crippen LogP contribution in [0.25, 0.3) is 0 Å². The molecule has 1 aliphatic heterocycles. The van der Waals surface area contributed by atoms with Gasteiger partial charge >= 0.3 is 6.18 Å². The minimum atomic E-state index is -4.69. The number of anilines is 1. The number of amides is 2. The molecule has 0 saturated carbocycles. The topological polar surface area (TPSA) is 61.8 Å². The fourth-order valence-corrected chi connectivity index (χ4v) is 5.70. The van der Waals surface area contributed by atoms with Crippen LogP contribution in [0, 0.1) is 0 Å². The summed E-state index contributed by atoms with van der Waals surface area (Å²) < 4.78 is 41.2. The molecular weight excluding hydrogens is 594 g/mol. The lowest BCUT2D eigenvalue weighted by Gasteiger charge is -2.27. The van der Waals surface area contributed by atoms with Crippen LogP contribution >= 0.6 is 34.5 Å². The number of hydrogen-bond acceptors (Lipinski definition) is 4. The maximum absolute atomic E-state index is 13.8. The Morgan fingerprint density at radius 1 is 1.00 bits per heavy atom. The zero-order valence-electron chi connectivity index (χ0n) is 21.2. The molecule has 0 saturated heterocycles. The van der Waals surface area contributed by atoms with Crippen LogP contribution in [-0.2, 0) is 16.0 Å². The number of carbonyl (C=O) groups is 2. The van der Waals surface area contributed by atoms with E-state index in [0.29, 0.717) is 37.3 Å². The Bertz CT molecular complexity index is 1590. The predicted octanol–water partition coefficient (Wildman–Crippen LogP) is 7.27. The first kappa shape index (κ1) is 28.9. The monoisotopic (exact) mass is 615 g/mol. The number of alkyl halides is 3. The predicted molar refractivity (Wildman–Crippen MR) is 156 cm³/mol. The molecule has 210 valence electrons. The van der Waals surface area contributed by atoms with E-state index in [0.717, 1.165) is 5.56 Å². The quantitative estimate of drug-likeness (QED) is 0.238. The van der Waals surface area contributed by atoms with Gasteiger partial charge in [-0.1, -0.05) is 77.8 Å². The van der Waals surface area contributed by atoms with Gasteiger partial charge in [0.05, 0.1) is 27.4 Å². The van der Waals surface area contributed by atoms with Crippen molar-refractivity contribution < 1.29 is 22.8 Å². The van der Waals surface area contributed by atoms with E-state index >= 15 is 0 Å². The van der Waals surface area contributed by atoms with Gasteiger partial charge in [0.15, 0.2) is 0 Å². The van der Waals surface area contributed by atoms with Gasteiger partial charge in [0, 0.05) is 11.1 Å². The Balaban J connectivity index is 1.56. The lowest BCUT2D eigenvalue weighted by molar-refractivity contribution is -0.135. The zero-order chi connectivity index (χ0) is 29.1. The van der Waals surface area contributed by atoms with Gasteiger partial charge in [0.2, 0.25) is 12.1 Å². The first-order chi connectivity index (χ1) is 19.6. The van der Waals surface area contributed by atoms with E-state index in [4.69, 9.17) is 23.2 Å².